The van der Waals surface area contributed by atoms with Crippen LogP contribution in [-0.4, -0.2) is 5.11 Å². The van der Waals surface area contributed by atoms with Gasteiger partial charge in [0.05, 0.1) is 0 Å². The summed E-state index contributed by atoms with van der Waals surface area (Å²) < 4.78 is 0. The van der Waals surface area contributed by atoms with Gasteiger partial charge in [0.15, 0.2) is 0 Å². The fourth-order valence-electron chi connectivity index (χ4n) is 3.48. The van der Waals surface area contributed by atoms with Crippen LogP contribution in [0.15, 0.2) is 84.9 Å². The van der Waals surface area contributed by atoms with Crippen molar-refractivity contribution in [2.75, 3.05) is 0 Å². The van der Waals surface area contributed by atoms with Gasteiger partial charge in [0.25, 0.3) is 0 Å². The maximum atomic E-state index is 11.4. The molecule has 1 aliphatic rings. The van der Waals surface area contributed by atoms with Crippen LogP contribution < -0.4 is 0 Å². The Morgan fingerprint density at radius 3 is 1.95 bits per heavy atom. The zero-order chi connectivity index (χ0) is 14.3. The van der Waals surface area contributed by atoms with Gasteiger partial charge in [-0.15, -0.1) is 0 Å². The normalized spacial score (nSPS) is 23.2. The van der Waals surface area contributed by atoms with Gasteiger partial charge in [-0.3, -0.25) is 0 Å². The molecule has 4 rings (SSSR count). The predicted molar refractivity (Wildman–Crippen MR) is 84.2 cm³/mol. The summed E-state index contributed by atoms with van der Waals surface area (Å²) in [5.74, 6) is -0.00250. The number of hydrogen-bond acceptors (Lipinski definition) is 1. The molecular weight excluding hydrogens is 256 g/mol. The molecule has 1 nitrogen and oxygen atoms in total. The Morgan fingerprint density at radius 2 is 1.24 bits per heavy atom. The van der Waals surface area contributed by atoms with Gasteiger partial charge in [0.1, 0.15) is 5.60 Å². The zero-order valence-corrected chi connectivity index (χ0v) is 11.6. The number of aliphatic hydroxyl groups is 1. The first-order valence-electron chi connectivity index (χ1n) is 7.24. The second kappa shape index (κ2) is 4.57. The van der Waals surface area contributed by atoms with E-state index in [0.29, 0.717) is 0 Å². The van der Waals surface area contributed by atoms with Crippen molar-refractivity contribution in [3.05, 3.63) is 107 Å². The third kappa shape index (κ3) is 1.68. The molecule has 1 N–H and O–H groups in total. The van der Waals surface area contributed by atoms with E-state index in [1.807, 2.05) is 66.7 Å². The maximum absolute atomic E-state index is 11.4. The van der Waals surface area contributed by atoms with Crippen LogP contribution in [0.2, 0.25) is 0 Å². The lowest BCUT2D eigenvalue weighted by Crippen LogP contribution is -2.45. The summed E-state index contributed by atoms with van der Waals surface area (Å²) in [6.45, 7) is 0. The molecule has 1 heteroatoms. The Hall–Kier alpha value is -2.38. The highest BCUT2D eigenvalue weighted by atomic mass is 16.3. The van der Waals surface area contributed by atoms with Crippen LogP contribution in [0.5, 0.6) is 0 Å². The number of benzene rings is 3. The van der Waals surface area contributed by atoms with E-state index in [4.69, 9.17) is 0 Å². The highest BCUT2D eigenvalue weighted by Gasteiger charge is 2.52. The second-order valence-electron chi connectivity index (χ2n) is 5.56. The Balaban J connectivity index is 1.93. The molecule has 0 fully saturated rings. The lowest BCUT2D eigenvalue weighted by molar-refractivity contribution is 0.0353. The summed E-state index contributed by atoms with van der Waals surface area (Å²) in [6.07, 6.45) is 0. The molecule has 0 aromatic heterocycles. The fraction of sp³-hybridized carbons (Fsp3) is 0.100. The van der Waals surface area contributed by atoms with Gasteiger partial charge in [0, 0.05) is 5.92 Å². The first-order valence-corrected chi connectivity index (χ1v) is 7.24. The summed E-state index contributed by atoms with van der Waals surface area (Å²) in [5.41, 5.74) is 3.42. The van der Waals surface area contributed by atoms with Crippen LogP contribution in [0.4, 0.5) is 0 Å². The first kappa shape index (κ1) is 12.4. The smallest absolute Gasteiger partial charge is 0.126 e. The van der Waals surface area contributed by atoms with Crippen LogP contribution in [0.3, 0.4) is 0 Å². The monoisotopic (exact) mass is 272 g/mol. The molecular formula is C20H16O. The van der Waals surface area contributed by atoms with Gasteiger partial charge in [0.2, 0.25) is 0 Å². The number of rotatable bonds is 2. The minimum atomic E-state index is -0.931. The van der Waals surface area contributed by atoms with Gasteiger partial charge >= 0.3 is 0 Å². The second-order valence-corrected chi connectivity index (χ2v) is 5.56. The molecule has 0 heterocycles. The van der Waals surface area contributed by atoms with Gasteiger partial charge in [-0.1, -0.05) is 84.9 Å². The van der Waals surface area contributed by atoms with Gasteiger partial charge in [-0.25, -0.2) is 0 Å². The average molecular weight is 272 g/mol. The third-order valence-electron chi connectivity index (χ3n) is 4.45. The zero-order valence-electron chi connectivity index (χ0n) is 11.6. The van der Waals surface area contributed by atoms with E-state index in [0.717, 1.165) is 16.7 Å². The van der Waals surface area contributed by atoms with Crippen molar-refractivity contribution < 1.29 is 5.11 Å². The molecule has 1 aliphatic carbocycles. The quantitative estimate of drug-likeness (QED) is 0.745. The minimum Gasteiger partial charge on any atom is -0.379 e. The van der Waals surface area contributed by atoms with Crippen LogP contribution in [0.1, 0.15) is 28.2 Å². The van der Waals surface area contributed by atoms with Crippen molar-refractivity contribution in [3.63, 3.8) is 0 Å². The summed E-state index contributed by atoms with van der Waals surface area (Å²) in [5, 5.41) is 11.4. The van der Waals surface area contributed by atoms with Crippen molar-refractivity contribution in [2.45, 2.75) is 11.5 Å². The van der Waals surface area contributed by atoms with E-state index in [9.17, 15) is 5.11 Å². The molecule has 0 radical (unpaired) electrons. The lowest BCUT2D eigenvalue weighted by Gasteiger charge is -2.48. The molecule has 2 atom stereocenters. The molecule has 21 heavy (non-hydrogen) atoms. The van der Waals surface area contributed by atoms with Crippen LogP contribution in [0.25, 0.3) is 0 Å². The fourth-order valence-corrected chi connectivity index (χ4v) is 3.48. The van der Waals surface area contributed by atoms with E-state index in [2.05, 4.69) is 18.2 Å². The van der Waals surface area contributed by atoms with Crippen LogP contribution >= 0.6 is 0 Å². The lowest BCUT2D eigenvalue weighted by atomic mass is 9.59. The molecule has 0 spiro atoms. The molecule has 0 aliphatic heterocycles. The van der Waals surface area contributed by atoms with Crippen LogP contribution in [0, 0.1) is 0 Å². The molecule has 3 aromatic rings. The van der Waals surface area contributed by atoms with E-state index in [1.54, 1.807) is 0 Å². The topological polar surface area (TPSA) is 20.2 Å². The standard InChI is InChI=1S/C20H16O/c21-20(16-11-5-2-6-12-16)18-14-8-7-13-17(18)19(20)15-9-3-1-4-10-15/h1-14,19,21H/t19-,20+/m0/s1. The summed E-state index contributed by atoms with van der Waals surface area (Å²) in [4.78, 5) is 0. The van der Waals surface area contributed by atoms with Crippen molar-refractivity contribution in [3.8, 4) is 0 Å². The minimum absolute atomic E-state index is 0.00250. The summed E-state index contributed by atoms with van der Waals surface area (Å²) in [7, 11) is 0. The van der Waals surface area contributed by atoms with Crippen molar-refractivity contribution in [1.29, 1.82) is 0 Å². The Labute approximate surface area is 124 Å². The van der Waals surface area contributed by atoms with E-state index in [1.165, 1.54) is 5.56 Å². The van der Waals surface area contributed by atoms with E-state index < -0.39 is 5.60 Å². The number of fused-ring (bicyclic) bond motifs is 1. The predicted octanol–water partition coefficient (Wildman–Crippen LogP) is 4.07. The number of hydrogen-bond donors (Lipinski definition) is 1. The maximum Gasteiger partial charge on any atom is 0.126 e. The Kier molecular flexibility index (Phi) is 2.69. The Morgan fingerprint density at radius 1 is 0.667 bits per heavy atom. The average Bonchev–Trinajstić information content (AvgIpc) is 2.56. The van der Waals surface area contributed by atoms with E-state index in [-0.39, 0.29) is 5.92 Å². The molecule has 0 saturated heterocycles. The van der Waals surface area contributed by atoms with Crippen molar-refractivity contribution in [1.82, 2.24) is 0 Å². The first-order chi connectivity index (χ1) is 10.3. The molecule has 0 bridgehead atoms. The van der Waals surface area contributed by atoms with Gasteiger partial charge in [-0.2, -0.15) is 0 Å². The van der Waals surface area contributed by atoms with Gasteiger partial charge < -0.3 is 5.11 Å². The van der Waals surface area contributed by atoms with Crippen LogP contribution in [-0.2, 0) is 5.60 Å². The third-order valence-corrected chi connectivity index (χ3v) is 4.45. The van der Waals surface area contributed by atoms with E-state index >= 15 is 0 Å². The van der Waals surface area contributed by atoms with Gasteiger partial charge in [-0.05, 0) is 22.3 Å². The largest absolute Gasteiger partial charge is 0.379 e. The summed E-state index contributed by atoms with van der Waals surface area (Å²) in [6, 6.07) is 28.4. The SMILES string of the molecule is O[C@]1(c2ccccc2)c2ccccc2[C@@H]1c1ccccc1. The molecule has 102 valence electrons. The summed E-state index contributed by atoms with van der Waals surface area (Å²) >= 11 is 0. The molecule has 0 amide bonds. The van der Waals surface area contributed by atoms with Crippen molar-refractivity contribution >= 4 is 0 Å². The molecule has 3 aromatic carbocycles. The molecule has 0 saturated carbocycles. The highest BCUT2D eigenvalue weighted by Crippen LogP contribution is 2.56. The highest BCUT2D eigenvalue weighted by molar-refractivity contribution is 5.59. The molecule has 0 unspecified atom stereocenters. The Bertz CT molecular complexity index is 764. The van der Waals surface area contributed by atoms with Crippen molar-refractivity contribution in [2.24, 2.45) is 0 Å².